The van der Waals surface area contributed by atoms with Gasteiger partial charge in [0.1, 0.15) is 0 Å². The number of alkyl halides is 1. The van der Waals surface area contributed by atoms with Crippen LogP contribution in [0.15, 0.2) is 18.2 Å². The van der Waals surface area contributed by atoms with E-state index in [1.807, 2.05) is 0 Å². The molecule has 1 rings (SSSR count). The van der Waals surface area contributed by atoms with Gasteiger partial charge in [-0.1, -0.05) is 19.4 Å². The lowest BCUT2D eigenvalue weighted by Gasteiger charge is -2.16. The number of halogens is 1. The van der Waals surface area contributed by atoms with Crippen LogP contribution in [0.25, 0.3) is 0 Å². The molecule has 0 aliphatic rings. The molecule has 0 aliphatic heterocycles. The Morgan fingerprint density at radius 2 is 2.14 bits per heavy atom. The summed E-state index contributed by atoms with van der Waals surface area (Å²) in [5.74, 6) is 0.637. The molecule has 6 heteroatoms. The van der Waals surface area contributed by atoms with E-state index in [4.69, 9.17) is 11.6 Å². The number of carbonyl (C=O) groups is 1. The van der Waals surface area contributed by atoms with Crippen molar-refractivity contribution in [2.24, 2.45) is 5.92 Å². The van der Waals surface area contributed by atoms with E-state index in [1.165, 1.54) is 12.1 Å². The Kier molecular flexibility index (Phi) is 7.15. The topological polar surface area (TPSA) is 72.2 Å². The van der Waals surface area contributed by atoms with E-state index in [-0.39, 0.29) is 11.6 Å². The number of carbonyl (C=O) groups excluding carboxylic acids is 1. The second-order valence-corrected chi connectivity index (χ2v) is 5.43. The van der Waals surface area contributed by atoms with Crippen LogP contribution < -0.4 is 5.32 Å². The van der Waals surface area contributed by atoms with Crippen molar-refractivity contribution in [3.05, 3.63) is 39.4 Å². The molecule has 1 amide bonds. The number of nitrogens with one attached hydrogen (secondary N) is 1. The van der Waals surface area contributed by atoms with Gasteiger partial charge in [-0.15, -0.1) is 11.6 Å². The highest BCUT2D eigenvalue weighted by Gasteiger charge is 2.18. The molecule has 0 heterocycles. The average molecular weight is 313 g/mol. The minimum absolute atomic E-state index is 0.0338. The summed E-state index contributed by atoms with van der Waals surface area (Å²) in [4.78, 5) is 22.6. The van der Waals surface area contributed by atoms with Gasteiger partial charge in [-0.05, 0) is 31.7 Å². The first-order chi connectivity index (χ1) is 10.0. The molecular formula is C15H21ClN2O3. The Balaban J connectivity index is 2.76. The van der Waals surface area contributed by atoms with Crippen LogP contribution in [0.2, 0.25) is 0 Å². The normalized spacial score (nSPS) is 12.0. The molecular weight excluding hydrogens is 292 g/mol. The number of hydrogen-bond acceptors (Lipinski definition) is 3. The molecule has 1 N–H and O–H groups in total. The average Bonchev–Trinajstić information content (AvgIpc) is 2.44. The van der Waals surface area contributed by atoms with Crippen molar-refractivity contribution in [1.82, 2.24) is 5.32 Å². The predicted molar refractivity (Wildman–Crippen MR) is 83.9 cm³/mol. The van der Waals surface area contributed by atoms with Gasteiger partial charge in [-0.25, -0.2) is 0 Å². The fraction of sp³-hybridized carbons (Fsp3) is 0.533. The second kappa shape index (κ2) is 8.62. The maximum atomic E-state index is 12.2. The fourth-order valence-electron chi connectivity index (χ4n) is 2.31. The third kappa shape index (κ3) is 5.01. The lowest BCUT2D eigenvalue weighted by molar-refractivity contribution is -0.385. The van der Waals surface area contributed by atoms with Gasteiger partial charge >= 0.3 is 0 Å². The predicted octanol–water partition coefficient (Wildman–Crippen LogP) is 3.68. The zero-order valence-electron chi connectivity index (χ0n) is 12.4. The van der Waals surface area contributed by atoms with Crippen molar-refractivity contribution in [3.63, 3.8) is 0 Å². The molecule has 1 aromatic rings. The minimum Gasteiger partial charge on any atom is -0.352 e. The smallest absolute Gasteiger partial charge is 0.273 e. The molecule has 1 unspecified atom stereocenters. The van der Waals surface area contributed by atoms with Crippen LogP contribution in [0.5, 0.6) is 0 Å². The number of nitro groups is 1. The lowest BCUT2D eigenvalue weighted by Crippen LogP contribution is -2.30. The van der Waals surface area contributed by atoms with E-state index in [0.29, 0.717) is 29.5 Å². The van der Waals surface area contributed by atoms with Gasteiger partial charge in [-0.2, -0.15) is 0 Å². The number of amides is 1. The van der Waals surface area contributed by atoms with Crippen LogP contribution in [0, 0.1) is 23.0 Å². The lowest BCUT2D eigenvalue weighted by atomic mass is 10.00. The van der Waals surface area contributed by atoms with Gasteiger partial charge in [-0.3, -0.25) is 14.9 Å². The van der Waals surface area contributed by atoms with Crippen molar-refractivity contribution >= 4 is 23.2 Å². The Hall–Kier alpha value is -1.62. The van der Waals surface area contributed by atoms with E-state index in [9.17, 15) is 14.9 Å². The number of hydrogen-bond donors (Lipinski definition) is 1. The molecule has 0 radical (unpaired) electrons. The highest BCUT2D eigenvalue weighted by Crippen LogP contribution is 2.21. The van der Waals surface area contributed by atoms with Crippen molar-refractivity contribution in [2.45, 2.75) is 33.1 Å². The molecule has 1 aromatic carbocycles. The van der Waals surface area contributed by atoms with E-state index >= 15 is 0 Å². The van der Waals surface area contributed by atoms with E-state index in [2.05, 4.69) is 12.2 Å². The van der Waals surface area contributed by atoms with Gasteiger partial charge in [0, 0.05) is 29.6 Å². The molecule has 0 aromatic heterocycles. The summed E-state index contributed by atoms with van der Waals surface area (Å²) in [6.45, 7) is 4.23. The van der Waals surface area contributed by atoms with Gasteiger partial charge in [0.15, 0.2) is 0 Å². The third-order valence-electron chi connectivity index (χ3n) is 3.51. The Morgan fingerprint density at radius 3 is 2.71 bits per heavy atom. The Morgan fingerprint density at radius 1 is 1.43 bits per heavy atom. The standard InChI is InChI=1S/C15H21ClN2O3/c1-3-5-12(8-9-16)10-17-15(19)13-6-4-7-14(11(13)2)18(20)21/h4,6-7,12H,3,5,8-10H2,1-2H3,(H,17,19). The molecule has 1 atom stereocenters. The zero-order chi connectivity index (χ0) is 15.8. The van der Waals surface area contributed by atoms with Gasteiger partial charge < -0.3 is 5.32 Å². The molecule has 116 valence electrons. The number of nitrogens with zero attached hydrogens (tertiary/aromatic N) is 1. The molecule has 0 saturated carbocycles. The third-order valence-corrected chi connectivity index (χ3v) is 3.73. The minimum atomic E-state index is -0.473. The quantitative estimate of drug-likeness (QED) is 0.452. The number of nitro benzene ring substituents is 1. The Bertz CT molecular complexity index is 500. The molecule has 0 aliphatic carbocycles. The van der Waals surface area contributed by atoms with E-state index in [1.54, 1.807) is 13.0 Å². The first kappa shape index (κ1) is 17.4. The highest BCUT2D eigenvalue weighted by molar-refractivity contribution is 6.17. The second-order valence-electron chi connectivity index (χ2n) is 5.05. The van der Waals surface area contributed by atoms with Crippen molar-refractivity contribution in [1.29, 1.82) is 0 Å². The molecule has 0 saturated heterocycles. The molecule has 0 bridgehead atoms. The summed E-state index contributed by atoms with van der Waals surface area (Å²) in [5, 5.41) is 13.7. The maximum absolute atomic E-state index is 12.2. The largest absolute Gasteiger partial charge is 0.352 e. The van der Waals surface area contributed by atoms with Crippen LogP contribution >= 0.6 is 11.6 Å². The summed E-state index contributed by atoms with van der Waals surface area (Å²) in [6.07, 6.45) is 2.89. The van der Waals surface area contributed by atoms with Crippen LogP contribution in [-0.2, 0) is 0 Å². The molecule has 5 nitrogen and oxygen atoms in total. The van der Waals surface area contributed by atoms with Crippen molar-refractivity contribution in [3.8, 4) is 0 Å². The SMILES string of the molecule is CCCC(CCCl)CNC(=O)c1cccc([N+](=O)[O-])c1C. The molecule has 0 spiro atoms. The van der Waals surface area contributed by atoms with Crippen LogP contribution in [0.1, 0.15) is 42.1 Å². The highest BCUT2D eigenvalue weighted by atomic mass is 35.5. The van der Waals surface area contributed by atoms with Crippen molar-refractivity contribution < 1.29 is 9.72 Å². The van der Waals surface area contributed by atoms with Crippen molar-refractivity contribution in [2.75, 3.05) is 12.4 Å². The van der Waals surface area contributed by atoms with Gasteiger partial charge in [0.05, 0.1) is 4.92 Å². The number of rotatable bonds is 8. The van der Waals surface area contributed by atoms with Gasteiger partial charge in [0.25, 0.3) is 11.6 Å². The monoisotopic (exact) mass is 312 g/mol. The summed E-state index contributed by atoms with van der Waals surface area (Å²) >= 11 is 5.76. The first-order valence-corrected chi connectivity index (χ1v) is 7.62. The van der Waals surface area contributed by atoms with Crippen LogP contribution in [-0.4, -0.2) is 23.3 Å². The summed E-state index contributed by atoms with van der Waals surface area (Å²) in [6, 6.07) is 4.54. The summed E-state index contributed by atoms with van der Waals surface area (Å²) < 4.78 is 0. The number of benzene rings is 1. The summed E-state index contributed by atoms with van der Waals surface area (Å²) in [7, 11) is 0. The van der Waals surface area contributed by atoms with E-state index < -0.39 is 4.92 Å². The van der Waals surface area contributed by atoms with Gasteiger partial charge in [0.2, 0.25) is 0 Å². The molecule has 21 heavy (non-hydrogen) atoms. The summed E-state index contributed by atoms with van der Waals surface area (Å²) in [5.41, 5.74) is 0.711. The van der Waals surface area contributed by atoms with E-state index in [0.717, 1.165) is 19.3 Å². The maximum Gasteiger partial charge on any atom is 0.273 e. The Labute approximate surface area is 129 Å². The van der Waals surface area contributed by atoms with Crippen LogP contribution in [0.3, 0.4) is 0 Å². The zero-order valence-corrected chi connectivity index (χ0v) is 13.2. The first-order valence-electron chi connectivity index (χ1n) is 7.09. The molecule has 0 fully saturated rings. The fourth-order valence-corrected chi connectivity index (χ4v) is 2.62. The van der Waals surface area contributed by atoms with Crippen LogP contribution in [0.4, 0.5) is 5.69 Å².